The highest BCUT2D eigenvalue weighted by Crippen LogP contribution is 2.37. The van der Waals surface area contributed by atoms with Crippen molar-refractivity contribution < 1.29 is 23.8 Å². The second-order valence-corrected chi connectivity index (χ2v) is 5.72. The predicted octanol–water partition coefficient (Wildman–Crippen LogP) is 2.58. The minimum atomic E-state index is -0.571. The van der Waals surface area contributed by atoms with E-state index in [2.05, 4.69) is 15.4 Å². The molecular weight excluding hydrogens is 429 g/mol. The summed E-state index contributed by atoms with van der Waals surface area (Å²) in [5.74, 6) is -0.309. The zero-order chi connectivity index (χ0) is 17.7. The number of rotatable bonds is 6. The van der Waals surface area contributed by atoms with Gasteiger partial charge in [0.1, 0.15) is 5.69 Å². The number of H-pyrrole nitrogens is 1. The summed E-state index contributed by atoms with van der Waals surface area (Å²) in [6, 6.07) is 3.37. The average Bonchev–Trinajstić information content (AvgIpc) is 3.00. The first-order valence-corrected chi connectivity index (χ1v) is 8.28. The third-order valence-corrected chi connectivity index (χ3v) is 3.65. The normalized spacial score (nSPS) is 10.3. The minimum absolute atomic E-state index is 0.0790. The number of hydrogen-bond donors (Lipinski definition) is 1. The van der Waals surface area contributed by atoms with E-state index >= 15 is 0 Å². The Morgan fingerprint density at radius 2 is 1.96 bits per heavy atom. The van der Waals surface area contributed by atoms with Gasteiger partial charge in [-0.3, -0.25) is 4.79 Å². The van der Waals surface area contributed by atoms with Crippen LogP contribution in [0.1, 0.15) is 31.3 Å². The highest BCUT2D eigenvalue weighted by molar-refractivity contribution is 14.1. The molecule has 1 heterocycles. The van der Waals surface area contributed by atoms with Gasteiger partial charge in [0.25, 0.3) is 0 Å². The van der Waals surface area contributed by atoms with Gasteiger partial charge >= 0.3 is 11.9 Å². The fourth-order valence-electron chi connectivity index (χ4n) is 1.98. The molecule has 1 aromatic heterocycles. The summed E-state index contributed by atoms with van der Waals surface area (Å²) in [7, 11) is 0. The van der Waals surface area contributed by atoms with Crippen molar-refractivity contribution in [3.8, 4) is 22.8 Å². The van der Waals surface area contributed by atoms with E-state index in [-0.39, 0.29) is 12.3 Å². The molecule has 24 heavy (non-hydrogen) atoms. The lowest BCUT2D eigenvalue weighted by atomic mass is 10.1. The summed E-state index contributed by atoms with van der Waals surface area (Å²) >= 11 is 2.02. The fourth-order valence-corrected chi connectivity index (χ4v) is 2.70. The quantitative estimate of drug-likeness (QED) is 0.414. The fraction of sp³-hybridized carbons (Fsp3) is 0.333. The van der Waals surface area contributed by atoms with Crippen LogP contribution in [0.15, 0.2) is 12.1 Å². The van der Waals surface area contributed by atoms with Gasteiger partial charge in [-0.2, -0.15) is 10.3 Å². The maximum atomic E-state index is 12.0. The molecule has 2 aromatic rings. The zero-order valence-corrected chi connectivity index (χ0v) is 15.5. The Hall–Kier alpha value is -2.17. The molecular formula is C15H16IN3O5. The molecule has 128 valence electrons. The molecule has 0 saturated carbocycles. The maximum absolute atomic E-state index is 12.0. The van der Waals surface area contributed by atoms with Crippen molar-refractivity contribution in [2.24, 2.45) is 0 Å². The van der Waals surface area contributed by atoms with Crippen LogP contribution in [0.25, 0.3) is 11.3 Å². The van der Waals surface area contributed by atoms with Gasteiger partial charge < -0.3 is 14.2 Å². The SMILES string of the molecule is CCOC(=O)c1n[nH]nc1-c1cc(I)c(OC(C)=O)c(OCC)c1. The van der Waals surface area contributed by atoms with Gasteiger partial charge in [0, 0.05) is 12.5 Å². The van der Waals surface area contributed by atoms with Gasteiger partial charge in [-0.05, 0) is 48.6 Å². The molecule has 9 heteroatoms. The molecule has 0 atom stereocenters. The number of ether oxygens (including phenoxy) is 3. The number of halogens is 1. The molecule has 0 bridgehead atoms. The van der Waals surface area contributed by atoms with E-state index in [1.165, 1.54) is 6.92 Å². The molecule has 0 amide bonds. The number of nitrogens with zero attached hydrogens (tertiary/aromatic N) is 2. The summed E-state index contributed by atoms with van der Waals surface area (Å²) < 4.78 is 16.4. The van der Waals surface area contributed by atoms with E-state index in [1.807, 2.05) is 29.5 Å². The van der Waals surface area contributed by atoms with E-state index in [9.17, 15) is 9.59 Å². The first-order chi connectivity index (χ1) is 11.5. The Bertz CT molecular complexity index is 760. The molecule has 0 spiro atoms. The molecule has 0 aliphatic rings. The van der Waals surface area contributed by atoms with Gasteiger partial charge in [-0.25, -0.2) is 4.79 Å². The van der Waals surface area contributed by atoms with Crippen LogP contribution in [0.2, 0.25) is 0 Å². The number of hydrogen-bond acceptors (Lipinski definition) is 7. The number of aromatic nitrogens is 3. The molecule has 0 unspecified atom stereocenters. The van der Waals surface area contributed by atoms with Crippen molar-refractivity contribution in [2.45, 2.75) is 20.8 Å². The first kappa shape index (κ1) is 18.2. The second-order valence-electron chi connectivity index (χ2n) is 4.55. The van der Waals surface area contributed by atoms with E-state index in [4.69, 9.17) is 14.2 Å². The van der Waals surface area contributed by atoms with Crippen LogP contribution in [0.3, 0.4) is 0 Å². The van der Waals surface area contributed by atoms with Gasteiger partial charge in [0.15, 0.2) is 17.2 Å². The highest BCUT2D eigenvalue weighted by Gasteiger charge is 2.22. The molecule has 1 aromatic carbocycles. The number of benzene rings is 1. The van der Waals surface area contributed by atoms with Gasteiger partial charge in [-0.15, -0.1) is 5.10 Å². The van der Waals surface area contributed by atoms with Crippen LogP contribution in [-0.4, -0.2) is 40.6 Å². The van der Waals surface area contributed by atoms with Crippen LogP contribution < -0.4 is 9.47 Å². The molecule has 0 saturated heterocycles. The molecule has 0 aliphatic heterocycles. The Balaban J connectivity index is 2.51. The molecule has 0 aliphatic carbocycles. The van der Waals surface area contributed by atoms with Gasteiger partial charge in [-0.1, -0.05) is 0 Å². The largest absolute Gasteiger partial charge is 0.490 e. The van der Waals surface area contributed by atoms with E-state index in [1.54, 1.807) is 19.1 Å². The number of aromatic amines is 1. The molecule has 0 radical (unpaired) electrons. The lowest BCUT2D eigenvalue weighted by molar-refractivity contribution is -0.132. The standard InChI is InChI=1S/C15H16IN3O5/c1-4-22-11-7-9(6-10(16)14(11)24-8(3)20)12-13(18-19-17-12)15(21)23-5-2/h6-7H,4-5H2,1-3H3,(H,17,18,19). The van der Waals surface area contributed by atoms with Crippen LogP contribution in [-0.2, 0) is 9.53 Å². The van der Waals surface area contributed by atoms with Gasteiger partial charge in [0.2, 0.25) is 0 Å². The predicted molar refractivity (Wildman–Crippen MR) is 93.0 cm³/mol. The van der Waals surface area contributed by atoms with Crippen molar-refractivity contribution in [2.75, 3.05) is 13.2 Å². The van der Waals surface area contributed by atoms with Crippen LogP contribution in [0, 0.1) is 3.57 Å². The summed E-state index contributed by atoms with van der Waals surface area (Å²) in [4.78, 5) is 23.2. The third-order valence-electron chi connectivity index (χ3n) is 2.85. The smallest absolute Gasteiger partial charge is 0.361 e. The van der Waals surface area contributed by atoms with Crippen LogP contribution in [0.4, 0.5) is 0 Å². The van der Waals surface area contributed by atoms with Crippen molar-refractivity contribution in [3.05, 3.63) is 21.4 Å². The lowest BCUT2D eigenvalue weighted by Gasteiger charge is -2.13. The molecule has 1 N–H and O–H groups in total. The van der Waals surface area contributed by atoms with Crippen molar-refractivity contribution in [1.82, 2.24) is 15.4 Å². The zero-order valence-electron chi connectivity index (χ0n) is 13.4. The van der Waals surface area contributed by atoms with Crippen LogP contribution >= 0.6 is 22.6 Å². The first-order valence-electron chi connectivity index (χ1n) is 7.20. The summed E-state index contributed by atoms with van der Waals surface area (Å²) in [6.07, 6.45) is 0. The van der Waals surface area contributed by atoms with Crippen molar-refractivity contribution in [1.29, 1.82) is 0 Å². The van der Waals surface area contributed by atoms with Crippen molar-refractivity contribution in [3.63, 3.8) is 0 Å². The molecule has 2 rings (SSSR count). The third kappa shape index (κ3) is 4.02. The summed E-state index contributed by atoms with van der Waals surface area (Å²) in [5, 5.41) is 10.3. The Kier molecular flexibility index (Phi) is 6.12. The summed E-state index contributed by atoms with van der Waals surface area (Å²) in [6.45, 7) is 5.46. The van der Waals surface area contributed by atoms with E-state index in [0.717, 1.165) is 0 Å². The van der Waals surface area contributed by atoms with Gasteiger partial charge in [0.05, 0.1) is 16.8 Å². The van der Waals surface area contributed by atoms with E-state index < -0.39 is 11.9 Å². The van der Waals surface area contributed by atoms with Crippen molar-refractivity contribution >= 4 is 34.5 Å². The Morgan fingerprint density at radius 3 is 2.58 bits per heavy atom. The number of nitrogens with one attached hydrogen (secondary N) is 1. The Labute approximate surface area is 152 Å². The molecule has 0 fully saturated rings. The minimum Gasteiger partial charge on any atom is -0.490 e. The lowest BCUT2D eigenvalue weighted by Crippen LogP contribution is -2.08. The number of esters is 2. The van der Waals surface area contributed by atoms with Crippen LogP contribution in [0.5, 0.6) is 11.5 Å². The summed E-state index contributed by atoms with van der Waals surface area (Å²) in [5.41, 5.74) is 1.01. The molecule has 8 nitrogen and oxygen atoms in total. The monoisotopic (exact) mass is 445 g/mol. The van der Waals surface area contributed by atoms with E-state index in [0.29, 0.717) is 32.9 Å². The maximum Gasteiger partial charge on any atom is 0.361 e. The Morgan fingerprint density at radius 1 is 1.21 bits per heavy atom. The topological polar surface area (TPSA) is 103 Å². The average molecular weight is 445 g/mol. The number of carbonyl (C=O) groups is 2. The number of carbonyl (C=O) groups excluding carboxylic acids is 2. The second kappa shape index (κ2) is 8.08. The highest BCUT2D eigenvalue weighted by atomic mass is 127.